The van der Waals surface area contributed by atoms with Crippen molar-refractivity contribution in [1.29, 1.82) is 0 Å². The summed E-state index contributed by atoms with van der Waals surface area (Å²) in [5.74, 6) is 0.107. The molecule has 20 heavy (non-hydrogen) atoms. The lowest BCUT2D eigenvalue weighted by Crippen LogP contribution is -2.39. The molecule has 1 aromatic heterocycles. The fraction of sp³-hybridized carbons (Fsp3) is 0.538. The Kier molecular flexibility index (Phi) is 4.16. The van der Waals surface area contributed by atoms with Gasteiger partial charge in [-0.1, -0.05) is 0 Å². The van der Waals surface area contributed by atoms with Crippen LogP contribution in [0.4, 0.5) is 11.5 Å². The summed E-state index contributed by atoms with van der Waals surface area (Å²) in [5, 5.41) is 13.8. The minimum absolute atomic E-state index is 0.0416. The standard InChI is InChI=1S/C13H18N4O3/c1-9-5-6-11(17(19)20)12(14-9)15-10(2)13(18)16-7-3-4-8-16/h5-6,10H,3-4,7-8H2,1-2H3,(H,14,15). The number of hydrogen-bond donors (Lipinski definition) is 1. The van der Waals surface area contributed by atoms with E-state index in [4.69, 9.17) is 0 Å². The summed E-state index contributed by atoms with van der Waals surface area (Å²) in [6, 6.07) is 2.45. The van der Waals surface area contributed by atoms with Crippen molar-refractivity contribution in [3.05, 3.63) is 27.9 Å². The molecule has 1 aliphatic rings. The highest BCUT2D eigenvalue weighted by Crippen LogP contribution is 2.23. The zero-order chi connectivity index (χ0) is 14.7. The lowest BCUT2D eigenvalue weighted by atomic mass is 10.2. The van der Waals surface area contributed by atoms with Gasteiger partial charge in [0.1, 0.15) is 6.04 Å². The maximum atomic E-state index is 12.2. The summed E-state index contributed by atoms with van der Waals surface area (Å²) >= 11 is 0. The van der Waals surface area contributed by atoms with Gasteiger partial charge in [0, 0.05) is 24.8 Å². The van der Waals surface area contributed by atoms with E-state index in [0.717, 1.165) is 25.9 Å². The Balaban J connectivity index is 2.14. The second-order valence-electron chi connectivity index (χ2n) is 4.98. The van der Waals surface area contributed by atoms with E-state index >= 15 is 0 Å². The minimum Gasteiger partial charge on any atom is -0.353 e. The topological polar surface area (TPSA) is 88.4 Å². The third kappa shape index (κ3) is 3.04. The molecule has 1 aromatic rings. The first kappa shape index (κ1) is 14.2. The number of nitrogens with one attached hydrogen (secondary N) is 1. The molecule has 7 heteroatoms. The molecule has 0 saturated carbocycles. The molecule has 1 fully saturated rings. The number of rotatable bonds is 4. The monoisotopic (exact) mass is 278 g/mol. The average Bonchev–Trinajstić information content (AvgIpc) is 2.91. The van der Waals surface area contributed by atoms with Gasteiger partial charge in [-0.25, -0.2) is 4.98 Å². The summed E-state index contributed by atoms with van der Waals surface area (Å²) in [4.78, 5) is 28.6. The Morgan fingerprint density at radius 1 is 1.45 bits per heavy atom. The Hall–Kier alpha value is -2.18. The van der Waals surface area contributed by atoms with Gasteiger partial charge in [0.05, 0.1) is 4.92 Å². The van der Waals surface area contributed by atoms with Crippen molar-refractivity contribution in [3.8, 4) is 0 Å². The molecule has 1 aliphatic heterocycles. The number of amides is 1. The molecule has 2 rings (SSSR count). The van der Waals surface area contributed by atoms with Gasteiger partial charge in [-0.3, -0.25) is 14.9 Å². The summed E-state index contributed by atoms with van der Waals surface area (Å²) in [6.07, 6.45) is 2.03. The SMILES string of the molecule is Cc1ccc([N+](=O)[O-])c(NC(C)C(=O)N2CCCC2)n1. The summed E-state index contributed by atoms with van der Waals surface area (Å²) in [7, 11) is 0. The van der Waals surface area contributed by atoms with Gasteiger partial charge in [-0.2, -0.15) is 0 Å². The van der Waals surface area contributed by atoms with Gasteiger partial charge in [-0.05, 0) is 32.8 Å². The van der Waals surface area contributed by atoms with E-state index in [2.05, 4.69) is 10.3 Å². The van der Waals surface area contributed by atoms with E-state index in [1.165, 1.54) is 6.07 Å². The number of aromatic nitrogens is 1. The van der Waals surface area contributed by atoms with Crippen molar-refractivity contribution >= 4 is 17.4 Å². The number of hydrogen-bond acceptors (Lipinski definition) is 5. The van der Waals surface area contributed by atoms with Gasteiger partial charge < -0.3 is 10.2 Å². The fourth-order valence-electron chi connectivity index (χ4n) is 2.28. The van der Waals surface area contributed by atoms with Gasteiger partial charge in [0.2, 0.25) is 11.7 Å². The van der Waals surface area contributed by atoms with E-state index in [1.807, 2.05) is 0 Å². The quantitative estimate of drug-likeness (QED) is 0.669. The summed E-state index contributed by atoms with van der Waals surface area (Å²) in [6.45, 7) is 4.97. The predicted molar refractivity (Wildman–Crippen MR) is 74.5 cm³/mol. The van der Waals surface area contributed by atoms with Crippen LogP contribution in [-0.4, -0.2) is 39.8 Å². The van der Waals surface area contributed by atoms with Crippen LogP contribution in [0.1, 0.15) is 25.5 Å². The van der Waals surface area contributed by atoms with Crippen LogP contribution < -0.4 is 5.32 Å². The summed E-state index contributed by atoms with van der Waals surface area (Å²) in [5.41, 5.74) is 0.551. The van der Waals surface area contributed by atoms with Crippen molar-refractivity contribution in [3.63, 3.8) is 0 Å². The second kappa shape index (κ2) is 5.85. The van der Waals surface area contributed by atoms with Crippen molar-refractivity contribution < 1.29 is 9.72 Å². The molecule has 0 aromatic carbocycles. The predicted octanol–water partition coefficient (Wildman–Crippen LogP) is 1.72. The Labute approximate surface area is 117 Å². The van der Waals surface area contributed by atoms with Crippen LogP contribution in [0.15, 0.2) is 12.1 Å². The number of carbonyl (C=O) groups is 1. The molecule has 1 saturated heterocycles. The first-order valence-electron chi connectivity index (χ1n) is 6.66. The number of nitro groups is 1. The number of aryl methyl sites for hydroxylation is 1. The molecule has 0 aliphatic carbocycles. The van der Waals surface area contributed by atoms with Crippen LogP contribution in [0, 0.1) is 17.0 Å². The van der Waals surface area contributed by atoms with Crippen LogP contribution in [0.5, 0.6) is 0 Å². The molecule has 0 radical (unpaired) electrons. The number of likely N-dealkylation sites (tertiary alicyclic amines) is 1. The van der Waals surface area contributed by atoms with Crippen molar-refractivity contribution in [2.24, 2.45) is 0 Å². The largest absolute Gasteiger partial charge is 0.353 e. The Morgan fingerprint density at radius 3 is 2.70 bits per heavy atom. The Morgan fingerprint density at radius 2 is 2.10 bits per heavy atom. The molecular weight excluding hydrogens is 260 g/mol. The average molecular weight is 278 g/mol. The Bertz CT molecular complexity index is 526. The number of pyridine rings is 1. The van der Waals surface area contributed by atoms with Crippen LogP contribution in [-0.2, 0) is 4.79 Å². The molecule has 1 amide bonds. The molecule has 0 bridgehead atoms. The number of anilines is 1. The first-order chi connectivity index (χ1) is 9.49. The molecule has 2 heterocycles. The smallest absolute Gasteiger partial charge is 0.311 e. The van der Waals surface area contributed by atoms with Crippen molar-refractivity contribution in [2.75, 3.05) is 18.4 Å². The molecule has 1 atom stereocenters. The third-order valence-corrected chi connectivity index (χ3v) is 3.35. The highest BCUT2D eigenvalue weighted by atomic mass is 16.6. The van der Waals surface area contributed by atoms with Crippen LogP contribution in [0.25, 0.3) is 0 Å². The molecular formula is C13H18N4O3. The highest BCUT2D eigenvalue weighted by molar-refractivity contribution is 5.84. The number of nitrogens with zero attached hydrogens (tertiary/aromatic N) is 3. The molecule has 1 unspecified atom stereocenters. The normalized spacial score (nSPS) is 16.0. The third-order valence-electron chi connectivity index (χ3n) is 3.35. The zero-order valence-corrected chi connectivity index (χ0v) is 11.6. The van der Waals surface area contributed by atoms with Gasteiger partial charge in [0.15, 0.2) is 0 Å². The molecule has 7 nitrogen and oxygen atoms in total. The highest BCUT2D eigenvalue weighted by Gasteiger charge is 2.25. The first-order valence-corrected chi connectivity index (χ1v) is 6.66. The van der Waals surface area contributed by atoms with Gasteiger partial charge in [-0.15, -0.1) is 0 Å². The summed E-state index contributed by atoms with van der Waals surface area (Å²) < 4.78 is 0. The van der Waals surface area contributed by atoms with E-state index in [9.17, 15) is 14.9 Å². The molecule has 1 N–H and O–H groups in total. The molecule has 0 spiro atoms. The van der Waals surface area contributed by atoms with Crippen LogP contribution >= 0.6 is 0 Å². The van der Waals surface area contributed by atoms with Crippen molar-refractivity contribution in [2.45, 2.75) is 32.7 Å². The zero-order valence-electron chi connectivity index (χ0n) is 11.6. The second-order valence-corrected chi connectivity index (χ2v) is 4.98. The minimum atomic E-state index is -0.527. The van der Waals surface area contributed by atoms with E-state index in [1.54, 1.807) is 24.8 Å². The maximum Gasteiger partial charge on any atom is 0.311 e. The van der Waals surface area contributed by atoms with Crippen molar-refractivity contribution in [1.82, 2.24) is 9.88 Å². The van der Waals surface area contributed by atoms with Gasteiger partial charge >= 0.3 is 5.69 Å². The maximum absolute atomic E-state index is 12.2. The lowest BCUT2D eigenvalue weighted by Gasteiger charge is -2.21. The van der Waals surface area contributed by atoms with Gasteiger partial charge in [0.25, 0.3) is 0 Å². The van der Waals surface area contributed by atoms with E-state index in [0.29, 0.717) is 5.69 Å². The van der Waals surface area contributed by atoms with E-state index in [-0.39, 0.29) is 17.4 Å². The molecule has 108 valence electrons. The van der Waals surface area contributed by atoms with E-state index < -0.39 is 11.0 Å². The van der Waals surface area contributed by atoms with Crippen LogP contribution in [0.2, 0.25) is 0 Å². The lowest BCUT2D eigenvalue weighted by molar-refractivity contribution is -0.384. The fourth-order valence-corrected chi connectivity index (χ4v) is 2.28. The number of carbonyl (C=O) groups excluding carboxylic acids is 1. The van der Waals surface area contributed by atoms with Crippen LogP contribution in [0.3, 0.4) is 0 Å².